The lowest BCUT2D eigenvalue weighted by Gasteiger charge is -2.33. The van der Waals surface area contributed by atoms with Crippen LogP contribution in [0.2, 0.25) is 0 Å². The van der Waals surface area contributed by atoms with Gasteiger partial charge in [-0.05, 0) is 48.7 Å². The summed E-state index contributed by atoms with van der Waals surface area (Å²) in [6.45, 7) is 9.31. The maximum absolute atomic E-state index is 11.7. The minimum Gasteiger partial charge on any atom is -0.459 e. The van der Waals surface area contributed by atoms with Crippen molar-refractivity contribution >= 4 is 5.97 Å². The molecule has 0 aliphatic rings. The Kier molecular flexibility index (Phi) is 3.50. The van der Waals surface area contributed by atoms with E-state index in [0.29, 0.717) is 0 Å². The fourth-order valence-corrected chi connectivity index (χ4v) is 0.586. The lowest BCUT2D eigenvalue weighted by atomic mass is 10.0. The van der Waals surface area contributed by atoms with Gasteiger partial charge in [0.05, 0.1) is 0 Å². The van der Waals surface area contributed by atoms with E-state index < -0.39 is 11.1 Å². The molecule has 0 amide bonds. The zero-order chi connectivity index (χ0) is 10.9. The fourth-order valence-electron chi connectivity index (χ4n) is 0.586. The van der Waals surface area contributed by atoms with Crippen molar-refractivity contribution in [2.24, 2.45) is 0 Å². The second-order valence-corrected chi connectivity index (χ2v) is 4.96. The van der Waals surface area contributed by atoms with Gasteiger partial charge < -0.3 is 4.74 Å². The molecule has 0 saturated carbocycles. The number of hydrogen-bond donors (Lipinski definition) is 0. The van der Waals surface area contributed by atoms with Crippen LogP contribution in [0, 0.1) is 0 Å². The van der Waals surface area contributed by atoms with Gasteiger partial charge in [0.2, 0.25) is 0 Å². The summed E-state index contributed by atoms with van der Waals surface area (Å²) in [6, 6.07) is 0. The highest BCUT2D eigenvalue weighted by atomic mass is 16.6. The molecule has 0 heterocycles. The summed E-state index contributed by atoms with van der Waals surface area (Å²) >= 11 is 0. The molecule has 0 aliphatic carbocycles. The number of rotatable bonds is 2. The normalized spacial score (nSPS) is 13.2. The van der Waals surface area contributed by atoms with Gasteiger partial charge in [-0.15, -0.1) is 0 Å². The molecule has 0 spiro atoms. The van der Waals surface area contributed by atoms with Crippen molar-refractivity contribution in [3.8, 4) is 0 Å². The molecule has 0 rings (SSSR count). The van der Waals surface area contributed by atoms with E-state index in [1.165, 1.54) is 0 Å². The van der Waals surface area contributed by atoms with Gasteiger partial charge in [-0.25, -0.2) is 0 Å². The first-order valence-electron chi connectivity index (χ1n) is 4.48. The molecule has 0 aliphatic heterocycles. The SMILES string of the molecule is CN(C)C(C)(C)C(=O)OC(C)(C)C. The number of carbonyl (C=O) groups excluding carboxylic acids is 1. The molecule has 0 N–H and O–H groups in total. The summed E-state index contributed by atoms with van der Waals surface area (Å²) < 4.78 is 5.28. The smallest absolute Gasteiger partial charge is 0.326 e. The van der Waals surface area contributed by atoms with E-state index in [4.69, 9.17) is 4.74 Å². The number of likely N-dealkylation sites (N-methyl/N-ethyl adjacent to an activating group) is 1. The third kappa shape index (κ3) is 3.77. The summed E-state index contributed by atoms with van der Waals surface area (Å²) in [7, 11) is 3.73. The highest BCUT2D eigenvalue weighted by Gasteiger charge is 2.34. The van der Waals surface area contributed by atoms with E-state index in [2.05, 4.69) is 0 Å². The predicted molar refractivity (Wildman–Crippen MR) is 53.6 cm³/mol. The van der Waals surface area contributed by atoms with Gasteiger partial charge in [0.25, 0.3) is 0 Å². The zero-order valence-corrected chi connectivity index (χ0v) is 9.76. The monoisotopic (exact) mass is 187 g/mol. The van der Waals surface area contributed by atoms with Crippen LogP contribution in [0.4, 0.5) is 0 Å². The minimum atomic E-state index is -0.562. The summed E-state index contributed by atoms with van der Waals surface area (Å²) in [4.78, 5) is 13.5. The van der Waals surface area contributed by atoms with E-state index in [1.54, 1.807) is 0 Å². The number of ether oxygens (including phenoxy) is 1. The highest BCUT2D eigenvalue weighted by Crippen LogP contribution is 2.17. The van der Waals surface area contributed by atoms with Crippen LogP contribution < -0.4 is 0 Å². The average Bonchev–Trinajstić information content (AvgIpc) is 1.82. The van der Waals surface area contributed by atoms with E-state index in [0.717, 1.165) is 0 Å². The number of esters is 1. The molecule has 0 unspecified atom stereocenters. The first-order valence-corrected chi connectivity index (χ1v) is 4.48. The molecular weight excluding hydrogens is 166 g/mol. The molecule has 13 heavy (non-hydrogen) atoms. The third-order valence-corrected chi connectivity index (χ3v) is 2.02. The molecule has 0 saturated heterocycles. The molecular formula is C10H21NO2. The van der Waals surface area contributed by atoms with Crippen molar-refractivity contribution in [2.45, 2.75) is 45.8 Å². The maximum atomic E-state index is 11.7. The topological polar surface area (TPSA) is 29.5 Å². The fraction of sp³-hybridized carbons (Fsp3) is 0.900. The van der Waals surface area contributed by atoms with Gasteiger partial charge in [0.1, 0.15) is 11.1 Å². The zero-order valence-electron chi connectivity index (χ0n) is 9.76. The molecule has 0 aromatic rings. The third-order valence-electron chi connectivity index (χ3n) is 2.02. The number of carbonyl (C=O) groups is 1. The summed E-state index contributed by atoms with van der Waals surface area (Å²) in [5.74, 6) is -0.190. The van der Waals surface area contributed by atoms with E-state index in [-0.39, 0.29) is 5.97 Å². The Bertz CT molecular complexity index is 190. The minimum absolute atomic E-state index is 0.190. The molecule has 0 radical (unpaired) electrons. The maximum Gasteiger partial charge on any atom is 0.326 e. The molecule has 0 aromatic carbocycles. The van der Waals surface area contributed by atoms with Crippen LogP contribution in [0.3, 0.4) is 0 Å². The molecule has 78 valence electrons. The van der Waals surface area contributed by atoms with Gasteiger partial charge in [-0.1, -0.05) is 0 Å². The first kappa shape index (κ1) is 12.4. The van der Waals surface area contributed by atoms with Crippen LogP contribution in [0.1, 0.15) is 34.6 Å². The quantitative estimate of drug-likeness (QED) is 0.616. The Hall–Kier alpha value is -0.570. The number of nitrogens with zero attached hydrogens (tertiary/aromatic N) is 1. The summed E-state index contributed by atoms with van der Waals surface area (Å²) in [5.41, 5.74) is -0.975. The van der Waals surface area contributed by atoms with Crippen molar-refractivity contribution < 1.29 is 9.53 Å². The Morgan fingerprint density at radius 3 is 1.69 bits per heavy atom. The Morgan fingerprint density at radius 1 is 1.08 bits per heavy atom. The molecule has 0 bridgehead atoms. The number of hydrogen-bond acceptors (Lipinski definition) is 3. The van der Waals surface area contributed by atoms with Crippen LogP contribution >= 0.6 is 0 Å². The van der Waals surface area contributed by atoms with Gasteiger partial charge in [-0.2, -0.15) is 0 Å². The highest BCUT2D eigenvalue weighted by molar-refractivity contribution is 5.80. The summed E-state index contributed by atoms with van der Waals surface area (Å²) in [5, 5.41) is 0. The molecule has 3 heteroatoms. The Balaban J connectivity index is 4.44. The average molecular weight is 187 g/mol. The van der Waals surface area contributed by atoms with Crippen LogP contribution in [-0.4, -0.2) is 36.1 Å². The van der Waals surface area contributed by atoms with E-state index >= 15 is 0 Å². The lowest BCUT2D eigenvalue weighted by Crippen LogP contribution is -2.48. The Morgan fingerprint density at radius 2 is 1.46 bits per heavy atom. The van der Waals surface area contributed by atoms with Crippen LogP contribution in [0.5, 0.6) is 0 Å². The van der Waals surface area contributed by atoms with Crippen molar-refractivity contribution in [1.29, 1.82) is 0 Å². The van der Waals surface area contributed by atoms with E-state index in [9.17, 15) is 4.79 Å². The standard InChI is InChI=1S/C10H21NO2/c1-9(2,3)13-8(12)10(4,5)11(6)7/h1-7H3. The van der Waals surface area contributed by atoms with E-state index in [1.807, 2.05) is 53.6 Å². The Labute approximate surface area is 81.1 Å². The summed E-state index contributed by atoms with van der Waals surface area (Å²) in [6.07, 6.45) is 0. The van der Waals surface area contributed by atoms with Crippen molar-refractivity contribution in [2.75, 3.05) is 14.1 Å². The second kappa shape index (κ2) is 3.66. The van der Waals surface area contributed by atoms with Crippen molar-refractivity contribution in [3.05, 3.63) is 0 Å². The van der Waals surface area contributed by atoms with Gasteiger partial charge >= 0.3 is 5.97 Å². The molecule has 0 aromatic heterocycles. The largest absolute Gasteiger partial charge is 0.459 e. The van der Waals surface area contributed by atoms with Gasteiger partial charge in [0.15, 0.2) is 0 Å². The lowest BCUT2D eigenvalue weighted by molar-refractivity contribution is -0.166. The van der Waals surface area contributed by atoms with Crippen LogP contribution in [-0.2, 0) is 9.53 Å². The van der Waals surface area contributed by atoms with Crippen molar-refractivity contribution in [1.82, 2.24) is 4.90 Å². The van der Waals surface area contributed by atoms with Crippen LogP contribution in [0.15, 0.2) is 0 Å². The van der Waals surface area contributed by atoms with Gasteiger partial charge in [0, 0.05) is 0 Å². The van der Waals surface area contributed by atoms with Crippen LogP contribution in [0.25, 0.3) is 0 Å². The predicted octanol–water partition coefficient (Wildman–Crippen LogP) is 1.67. The van der Waals surface area contributed by atoms with Crippen molar-refractivity contribution in [3.63, 3.8) is 0 Å². The second-order valence-electron chi connectivity index (χ2n) is 4.96. The molecule has 0 fully saturated rings. The first-order chi connectivity index (χ1) is 5.57. The molecule has 3 nitrogen and oxygen atoms in total. The molecule has 0 atom stereocenters. The van der Waals surface area contributed by atoms with Gasteiger partial charge in [-0.3, -0.25) is 9.69 Å².